The molecule has 0 saturated carbocycles. The van der Waals surface area contributed by atoms with Crippen LogP contribution in [-0.2, 0) is 5.33 Å². The average molecular weight is 361 g/mol. The average Bonchev–Trinajstić information content (AvgIpc) is 2.29. The predicted molar refractivity (Wildman–Crippen MR) is 82.0 cm³/mol. The standard InChI is InChI=1S/C14H19Br2N/c1-10-5-6-17(11(2)7-10)13-4-3-12(9-15)14(16)8-13/h3-4,8,10-11H,5-7,9H2,1-2H3. The van der Waals surface area contributed by atoms with E-state index in [1.807, 2.05) is 0 Å². The SMILES string of the molecule is CC1CCN(c2ccc(CBr)c(Br)c2)C(C)C1. The maximum Gasteiger partial charge on any atom is 0.0380 e. The molecule has 0 aliphatic carbocycles. The summed E-state index contributed by atoms with van der Waals surface area (Å²) in [5, 5.41) is 0.903. The molecule has 1 aliphatic rings. The molecule has 0 spiro atoms. The Morgan fingerprint density at radius 2 is 2.12 bits per heavy atom. The van der Waals surface area contributed by atoms with Crippen LogP contribution in [0.1, 0.15) is 32.3 Å². The Morgan fingerprint density at radius 3 is 2.71 bits per heavy atom. The van der Waals surface area contributed by atoms with Crippen molar-refractivity contribution in [3.63, 3.8) is 0 Å². The van der Waals surface area contributed by atoms with Crippen LogP contribution in [0.2, 0.25) is 0 Å². The fourth-order valence-electron chi connectivity index (χ4n) is 2.61. The first kappa shape index (κ1) is 13.4. The van der Waals surface area contributed by atoms with E-state index < -0.39 is 0 Å². The van der Waals surface area contributed by atoms with Gasteiger partial charge in [-0.15, -0.1) is 0 Å². The second-order valence-electron chi connectivity index (χ2n) is 5.08. The number of piperidine rings is 1. The minimum Gasteiger partial charge on any atom is -0.369 e. The van der Waals surface area contributed by atoms with Crippen molar-refractivity contribution in [1.82, 2.24) is 0 Å². The van der Waals surface area contributed by atoms with Crippen LogP contribution in [0, 0.1) is 5.92 Å². The van der Waals surface area contributed by atoms with Crippen LogP contribution < -0.4 is 4.90 Å². The summed E-state index contributed by atoms with van der Waals surface area (Å²) in [6, 6.07) is 7.36. The Kier molecular flexibility index (Phi) is 4.53. The quantitative estimate of drug-likeness (QED) is 0.673. The van der Waals surface area contributed by atoms with Gasteiger partial charge in [0.25, 0.3) is 0 Å². The third-order valence-corrected chi connectivity index (χ3v) is 4.99. The lowest BCUT2D eigenvalue weighted by Crippen LogP contribution is -2.40. The summed E-state index contributed by atoms with van der Waals surface area (Å²) >= 11 is 7.15. The molecule has 17 heavy (non-hydrogen) atoms. The van der Waals surface area contributed by atoms with Crippen molar-refractivity contribution < 1.29 is 0 Å². The van der Waals surface area contributed by atoms with Crippen molar-refractivity contribution in [3.05, 3.63) is 28.2 Å². The number of alkyl halides is 1. The molecule has 2 rings (SSSR count). The van der Waals surface area contributed by atoms with Gasteiger partial charge in [-0.1, -0.05) is 44.8 Å². The van der Waals surface area contributed by atoms with E-state index in [1.165, 1.54) is 35.1 Å². The van der Waals surface area contributed by atoms with E-state index in [0.29, 0.717) is 6.04 Å². The summed E-state index contributed by atoms with van der Waals surface area (Å²) in [5.41, 5.74) is 2.66. The van der Waals surface area contributed by atoms with Crippen LogP contribution in [0.5, 0.6) is 0 Å². The number of nitrogens with zero attached hydrogens (tertiary/aromatic N) is 1. The van der Waals surface area contributed by atoms with E-state index in [0.717, 1.165) is 11.2 Å². The molecule has 94 valence electrons. The van der Waals surface area contributed by atoms with E-state index >= 15 is 0 Å². The van der Waals surface area contributed by atoms with E-state index in [1.54, 1.807) is 0 Å². The van der Waals surface area contributed by atoms with Gasteiger partial charge in [-0.3, -0.25) is 0 Å². The van der Waals surface area contributed by atoms with Crippen molar-refractivity contribution in [2.45, 2.75) is 38.1 Å². The van der Waals surface area contributed by atoms with E-state index in [2.05, 4.69) is 68.8 Å². The van der Waals surface area contributed by atoms with Crippen LogP contribution >= 0.6 is 31.9 Å². The van der Waals surface area contributed by atoms with Crippen molar-refractivity contribution >= 4 is 37.5 Å². The summed E-state index contributed by atoms with van der Waals surface area (Å²) in [4.78, 5) is 2.53. The van der Waals surface area contributed by atoms with E-state index in [-0.39, 0.29) is 0 Å². The molecule has 0 N–H and O–H groups in total. The van der Waals surface area contributed by atoms with Crippen molar-refractivity contribution in [2.75, 3.05) is 11.4 Å². The fourth-order valence-corrected chi connectivity index (χ4v) is 3.99. The number of hydrogen-bond acceptors (Lipinski definition) is 1. The number of hydrogen-bond donors (Lipinski definition) is 0. The first-order valence-corrected chi connectivity index (χ1v) is 8.14. The van der Waals surface area contributed by atoms with Crippen LogP contribution in [0.3, 0.4) is 0 Å². The highest BCUT2D eigenvalue weighted by atomic mass is 79.9. The molecule has 0 aromatic heterocycles. The highest BCUT2D eigenvalue weighted by molar-refractivity contribution is 9.10. The molecule has 2 atom stereocenters. The van der Waals surface area contributed by atoms with Crippen molar-refractivity contribution in [3.8, 4) is 0 Å². The predicted octanol–water partition coefficient (Wildman–Crippen LogP) is 4.97. The minimum atomic E-state index is 0.653. The van der Waals surface area contributed by atoms with Crippen LogP contribution in [-0.4, -0.2) is 12.6 Å². The van der Waals surface area contributed by atoms with Gasteiger partial charge in [0, 0.05) is 28.1 Å². The number of benzene rings is 1. The maximum absolute atomic E-state index is 3.65. The van der Waals surface area contributed by atoms with Gasteiger partial charge in [-0.2, -0.15) is 0 Å². The Labute approximate surface area is 121 Å². The summed E-state index contributed by atoms with van der Waals surface area (Å²) < 4.78 is 1.21. The first-order valence-electron chi connectivity index (χ1n) is 6.23. The summed E-state index contributed by atoms with van der Waals surface area (Å²) in [6.07, 6.45) is 2.61. The minimum absolute atomic E-state index is 0.653. The van der Waals surface area contributed by atoms with Gasteiger partial charge in [-0.05, 0) is 43.4 Å². The first-order chi connectivity index (χ1) is 8.11. The zero-order chi connectivity index (χ0) is 12.4. The molecule has 2 unspecified atom stereocenters. The molecule has 3 heteroatoms. The van der Waals surface area contributed by atoms with Gasteiger partial charge in [0.1, 0.15) is 0 Å². The molecular formula is C14H19Br2N. The monoisotopic (exact) mass is 359 g/mol. The molecule has 1 heterocycles. The third kappa shape index (κ3) is 3.05. The summed E-state index contributed by atoms with van der Waals surface area (Å²) in [7, 11) is 0. The lowest BCUT2D eigenvalue weighted by molar-refractivity contribution is 0.378. The molecule has 1 saturated heterocycles. The van der Waals surface area contributed by atoms with Crippen LogP contribution in [0.4, 0.5) is 5.69 Å². The molecule has 0 radical (unpaired) electrons. The van der Waals surface area contributed by atoms with Gasteiger partial charge in [0.15, 0.2) is 0 Å². The zero-order valence-electron chi connectivity index (χ0n) is 10.4. The molecular weight excluding hydrogens is 342 g/mol. The smallest absolute Gasteiger partial charge is 0.0380 e. The fraction of sp³-hybridized carbons (Fsp3) is 0.571. The van der Waals surface area contributed by atoms with Gasteiger partial charge >= 0.3 is 0 Å². The van der Waals surface area contributed by atoms with Crippen LogP contribution in [0.15, 0.2) is 22.7 Å². The lowest BCUT2D eigenvalue weighted by Gasteiger charge is -2.38. The van der Waals surface area contributed by atoms with Crippen molar-refractivity contribution in [1.29, 1.82) is 0 Å². The molecule has 1 aliphatic heterocycles. The van der Waals surface area contributed by atoms with E-state index in [4.69, 9.17) is 0 Å². The number of halogens is 2. The molecule has 0 amide bonds. The molecule has 1 nitrogen and oxygen atoms in total. The lowest BCUT2D eigenvalue weighted by atomic mass is 9.93. The summed E-state index contributed by atoms with van der Waals surface area (Å²) in [6.45, 7) is 5.88. The van der Waals surface area contributed by atoms with Crippen molar-refractivity contribution in [2.24, 2.45) is 5.92 Å². The Hall–Kier alpha value is -0.0200. The normalized spacial score (nSPS) is 25.1. The molecule has 1 fully saturated rings. The molecule has 1 aromatic rings. The maximum atomic E-state index is 3.65. The second-order valence-corrected chi connectivity index (χ2v) is 6.50. The van der Waals surface area contributed by atoms with Gasteiger partial charge < -0.3 is 4.90 Å². The largest absolute Gasteiger partial charge is 0.369 e. The third-order valence-electron chi connectivity index (χ3n) is 3.65. The number of rotatable bonds is 2. The highest BCUT2D eigenvalue weighted by Crippen LogP contribution is 2.31. The highest BCUT2D eigenvalue weighted by Gasteiger charge is 2.23. The van der Waals surface area contributed by atoms with E-state index in [9.17, 15) is 0 Å². The molecule has 1 aromatic carbocycles. The topological polar surface area (TPSA) is 3.24 Å². The van der Waals surface area contributed by atoms with Crippen LogP contribution in [0.25, 0.3) is 0 Å². The Morgan fingerprint density at radius 1 is 1.35 bits per heavy atom. The molecule has 0 bridgehead atoms. The Balaban J connectivity index is 2.19. The zero-order valence-corrected chi connectivity index (χ0v) is 13.6. The van der Waals surface area contributed by atoms with Gasteiger partial charge in [0.2, 0.25) is 0 Å². The number of anilines is 1. The Bertz CT molecular complexity index is 392. The van der Waals surface area contributed by atoms with Gasteiger partial charge in [-0.25, -0.2) is 0 Å². The summed E-state index contributed by atoms with van der Waals surface area (Å²) in [5.74, 6) is 0.867. The second kappa shape index (κ2) is 5.75. The van der Waals surface area contributed by atoms with Gasteiger partial charge in [0.05, 0.1) is 0 Å².